The standard InChI is InChI=1S/C18H28N2O2/c1-4-22-17-7-5-14(2)13-16(17)15(3)6-8-18(21)20-11-9-19-10-12-20/h5,7,13,15,19H,4,6,8-12H2,1-3H3. The predicted molar refractivity (Wildman–Crippen MR) is 89.4 cm³/mol. The Kier molecular flexibility index (Phi) is 6.25. The summed E-state index contributed by atoms with van der Waals surface area (Å²) in [4.78, 5) is 14.3. The minimum Gasteiger partial charge on any atom is -0.494 e. The summed E-state index contributed by atoms with van der Waals surface area (Å²) in [7, 11) is 0. The number of hydrogen-bond acceptors (Lipinski definition) is 3. The monoisotopic (exact) mass is 304 g/mol. The summed E-state index contributed by atoms with van der Waals surface area (Å²) < 4.78 is 5.73. The molecule has 1 amide bonds. The Morgan fingerprint density at radius 2 is 2.09 bits per heavy atom. The normalized spacial score (nSPS) is 16.4. The molecular formula is C18H28N2O2. The third kappa shape index (κ3) is 4.47. The summed E-state index contributed by atoms with van der Waals surface area (Å²) in [6.45, 7) is 10.4. The number of rotatable bonds is 6. The van der Waals surface area contributed by atoms with Crippen LogP contribution in [0.4, 0.5) is 0 Å². The van der Waals surface area contributed by atoms with Crippen LogP contribution in [0.5, 0.6) is 5.75 Å². The molecule has 122 valence electrons. The van der Waals surface area contributed by atoms with E-state index in [9.17, 15) is 4.79 Å². The van der Waals surface area contributed by atoms with Gasteiger partial charge in [-0.15, -0.1) is 0 Å². The molecule has 4 nitrogen and oxygen atoms in total. The molecule has 0 saturated carbocycles. The van der Waals surface area contributed by atoms with Gasteiger partial charge in [-0.05, 0) is 37.8 Å². The molecule has 0 aliphatic carbocycles. The van der Waals surface area contributed by atoms with Gasteiger partial charge < -0.3 is 15.0 Å². The number of amides is 1. The lowest BCUT2D eigenvalue weighted by Crippen LogP contribution is -2.46. The Morgan fingerprint density at radius 3 is 2.77 bits per heavy atom. The van der Waals surface area contributed by atoms with Gasteiger partial charge in [0.05, 0.1) is 6.61 Å². The summed E-state index contributed by atoms with van der Waals surface area (Å²) in [6.07, 6.45) is 1.48. The Balaban J connectivity index is 1.95. The van der Waals surface area contributed by atoms with Crippen molar-refractivity contribution in [1.82, 2.24) is 10.2 Å². The van der Waals surface area contributed by atoms with Crippen molar-refractivity contribution in [3.05, 3.63) is 29.3 Å². The van der Waals surface area contributed by atoms with Gasteiger partial charge in [0.1, 0.15) is 5.75 Å². The lowest BCUT2D eigenvalue weighted by atomic mass is 9.93. The highest BCUT2D eigenvalue weighted by Gasteiger charge is 2.18. The van der Waals surface area contributed by atoms with Gasteiger partial charge >= 0.3 is 0 Å². The van der Waals surface area contributed by atoms with Gasteiger partial charge in [0, 0.05) is 32.6 Å². The van der Waals surface area contributed by atoms with E-state index in [1.165, 1.54) is 11.1 Å². The van der Waals surface area contributed by atoms with Crippen LogP contribution in [0.3, 0.4) is 0 Å². The van der Waals surface area contributed by atoms with E-state index in [0.29, 0.717) is 18.9 Å². The minimum absolute atomic E-state index is 0.277. The first-order valence-corrected chi connectivity index (χ1v) is 8.33. The van der Waals surface area contributed by atoms with Crippen LogP contribution in [-0.4, -0.2) is 43.6 Å². The molecule has 22 heavy (non-hydrogen) atoms. The fraction of sp³-hybridized carbons (Fsp3) is 0.611. The number of nitrogens with zero attached hydrogens (tertiary/aromatic N) is 1. The van der Waals surface area contributed by atoms with Gasteiger partial charge in [-0.3, -0.25) is 4.79 Å². The molecule has 1 aliphatic heterocycles. The Bertz CT molecular complexity index is 496. The topological polar surface area (TPSA) is 41.6 Å². The zero-order valence-electron chi connectivity index (χ0n) is 14.0. The summed E-state index contributed by atoms with van der Waals surface area (Å²) in [5.74, 6) is 1.56. The van der Waals surface area contributed by atoms with Crippen LogP contribution in [0.2, 0.25) is 0 Å². The SMILES string of the molecule is CCOc1ccc(C)cc1C(C)CCC(=O)N1CCNCC1. The second kappa shape index (κ2) is 8.18. The second-order valence-electron chi connectivity index (χ2n) is 6.04. The first-order chi connectivity index (χ1) is 10.6. The molecule has 2 rings (SSSR count). The fourth-order valence-corrected chi connectivity index (χ4v) is 2.91. The minimum atomic E-state index is 0.277. The van der Waals surface area contributed by atoms with E-state index in [4.69, 9.17) is 4.74 Å². The van der Waals surface area contributed by atoms with Crippen LogP contribution >= 0.6 is 0 Å². The average molecular weight is 304 g/mol. The molecule has 1 aliphatic rings. The number of carbonyl (C=O) groups is 1. The number of benzene rings is 1. The van der Waals surface area contributed by atoms with E-state index < -0.39 is 0 Å². The van der Waals surface area contributed by atoms with E-state index in [1.807, 2.05) is 17.9 Å². The molecular weight excluding hydrogens is 276 g/mol. The molecule has 1 fully saturated rings. The summed E-state index contributed by atoms with van der Waals surface area (Å²) in [5.41, 5.74) is 2.45. The van der Waals surface area contributed by atoms with Crippen molar-refractivity contribution < 1.29 is 9.53 Å². The number of carbonyl (C=O) groups excluding carboxylic acids is 1. The van der Waals surface area contributed by atoms with Gasteiger partial charge in [0.15, 0.2) is 0 Å². The van der Waals surface area contributed by atoms with Crippen molar-refractivity contribution in [3.8, 4) is 5.75 Å². The van der Waals surface area contributed by atoms with Crippen LogP contribution in [0.25, 0.3) is 0 Å². The quantitative estimate of drug-likeness (QED) is 0.878. The molecule has 1 saturated heterocycles. The van der Waals surface area contributed by atoms with Crippen LogP contribution < -0.4 is 10.1 Å². The summed E-state index contributed by atoms with van der Waals surface area (Å²) in [6, 6.07) is 6.31. The van der Waals surface area contributed by atoms with E-state index >= 15 is 0 Å². The van der Waals surface area contributed by atoms with Crippen molar-refractivity contribution in [2.75, 3.05) is 32.8 Å². The fourth-order valence-electron chi connectivity index (χ4n) is 2.91. The predicted octanol–water partition coefficient (Wildman–Crippen LogP) is 2.71. The molecule has 0 radical (unpaired) electrons. The number of ether oxygens (including phenoxy) is 1. The van der Waals surface area contributed by atoms with Crippen molar-refractivity contribution in [1.29, 1.82) is 0 Å². The molecule has 1 aromatic carbocycles. The smallest absolute Gasteiger partial charge is 0.222 e. The third-order valence-electron chi connectivity index (χ3n) is 4.26. The number of aryl methyl sites for hydroxylation is 1. The molecule has 0 bridgehead atoms. The molecule has 1 atom stereocenters. The largest absolute Gasteiger partial charge is 0.494 e. The zero-order chi connectivity index (χ0) is 15.9. The van der Waals surface area contributed by atoms with E-state index in [1.54, 1.807) is 0 Å². The van der Waals surface area contributed by atoms with E-state index in [0.717, 1.165) is 38.3 Å². The Hall–Kier alpha value is -1.55. The van der Waals surface area contributed by atoms with Crippen LogP contribution in [0.1, 0.15) is 43.7 Å². The lowest BCUT2D eigenvalue weighted by molar-refractivity contribution is -0.131. The van der Waals surface area contributed by atoms with Crippen molar-refractivity contribution in [2.24, 2.45) is 0 Å². The van der Waals surface area contributed by atoms with Crippen LogP contribution in [-0.2, 0) is 4.79 Å². The third-order valence-corrected chi connectivity index (χ3v) is 4.26. The number of piperazine rings is 1. The molecule has 1 heterocycles. The van der Waals surface area contributed by atoms with Gasteiger partial charge in [-0.2, -0.15) is 0 Å². The maximum Gasteiger partial charge on any atom is 0.222 e. The van der Waals surface area contributed by atoms with Gasteiger partial charge in [0.2, 0.25) is 5.91 Å². The molecule has 0 aromatic heterocycles. The highest BCUT2D eigenvalue weighted by molar-refractivity contribution is 5.76. The maximum atomic E-state index is 12.3. The van der Waals surface area contributed by atoms with E-state index in [2.05, 4.69) is 31.3 Å². The summed E-state index contributed by atoms with van der Waals surface area (Å²) in [5, 5.41) is 3.28. The maximum absolute atomic E-state index is 12.3. The Labute approximate surface area is 133 Å². The van der Waals surface area contributed by atoms with Gasteiger partial charge in [-0.1, -0.05) is 24.6 Å². The molecule has 1 N–H and O–H groups in total. The molecule has 1 unspecified atom stereocenters. The first kappa shape index (κ1) is 16.8. The van der Waals surface area contributed by atoms with Crippen molar-refractivity contribution in [2.45, 2.75) is 39.5 Å². The highest BCUT2D eigenvalue weighted by Crippen LogP contribution is 2.31. The van der Waals surface area contributed by atoms with Gasteiger partial charge in [-0.25, -0.2) is 0 Å². The van der Waals surface area contributed by atoms with Crippen LogP contribution in [0, 0.1) is 6.92 Å². The summed E-state index contributed by atoms with van der Waals surface area (Å²) >= 11 is 0. The number of nitrogens with one attached hydrogen (secondary N) is 1. The van der Waals surface area contributed by atoms with Crippen molar-refractivity contribution in [3.63, 3.8) is 0 Å². The number of hydrogen-bond donors (Lipinski definition) is 1. The zero-order valence-corrected chi connectivity index (χ0v) is 14.0. The molecule has 1 aromatic rings. The van der Waals surface area contributed by atoms with Gasteiger partial charge in [0.25, 0.3) is 0 Å². The second-order valence-corrected chi connectivity index (χ2v) is 6.04. The van der Waals surface area contributed by atoms with Crippen LogP contribution in [0.15, 0.2) is 18.2 Å². The van der Waals surface area contributed by atoms with Crippen molar-refractivity contribution >= 4 is 5.91 Å². The lowest BCUT2D eigenvalue weighted by Gasteiger charge is -2.28. The molecule has 4 heteroatoms. The average Bonchev–Trinajstić information content (AvgIpc) is 2.55. The first-order valence-electron chi connectivity index (χ1n) is 8.33. The molecule has 0 spiro atoms. The highest BCUT2D eigenvalue weighted by atomic mass is 16.5. The Morgan fingerprint density at radius 1 is 1.36 bits per heavy atom. The van der Waals surface area contributed by atoms with E-state index in [-0.39, 0.29) is 5.91 Å².